The lowest BCUT2D eigenvalue weighted by atomic mass is 10.1. The maximum absolute atomic E-state index is 11.3. The first-order valence-corrected chi connectivity index (χ1v) is 5.72. The van der Waals surface area contributed by atoms with Crippen molar-refractivity contribution in [2.24, 2.45) is 11.8 Å². The molecule has 0 radical (unpaired) electrons. The van der Waals surface area contributed by atoms with Gasteiger partial charge in [-0.05, 0) is 43.4 Å². The van der Waals surface area contributed by atoms with Crippen LogP contribution in [-0.2, 0) is 0 Å². The van der Waals surface area contributed by atoms with E-state index in [1.54, 1.807) is 13.0 Å². The van der Waals surface area contributed by atoms with Crippen LogP contribution in [-0.4, -0.2) is 12.3 Å². The van der Waals surface area contributed by atoms with E-state index in [0.29, 0.717) is 11.3 Å². The maximum Gasteiger partial charge on any atom is 0.161 e. The van der Waals surface area contributed by atoms with Crippen molar-refractivity contribution in [3.05, 3.63) is 23.8 Å². The van der Waals surface area contributed by atoms with Gasteiger partial charge in [0.2, 0.25) is 0 Å². The fraction of sp³-hybridized carbons (Fsp3) is 0.462. The van der Waals surface area contributed by atoms with Crippen LogP contribution in [0.2, 0.25) is 0 Å². The summed E-state index contributed by atoms with van der Waals surface area (Å²) >= 11 is 0. The standard InChI is InChI=1S/C13H18N2O/c1-8-5-10(8)7-15-11-3-4-13(14)12(6-11)9(2)16/h3-4,6,8,10,15H,5,7,14H2,1-2H3. The first kappa shape index (κ1) is 11.0. The van der Waals surface area contributed by atoms with Gasteiger partial charge in [-0.3, -0.25) is 4.79 Å². The Morgan fingerprint density at radius 1 is 1.56 bits per heavy atom. The summed E-state index contributed by atoms with van der Waals surface area (Å²) in [6.07, 6.45) is 1.31. The Kier molecular flexibility index (Phi) is 2.86. The summed E-state index contributed by atoms with van der Waals surface area (Å²) in [6.45, 7) is 4.79. The van der Waals surface area contributed by atoms with Crippen molar-refractivity contribution in [3.8, 4) is 0 Å². The molecule has 1 saturated carbocycles. The molecule has 1 fully saturated rings. The van der Waals surface area contributed by atoms with Crippen LogP contribution in [0.3, 0.4) is 0 Å². The highest BCUT2D eigenvalue weighted by Gasteiger charge is 2.31. The predicted molar refractivity (Wildman–Crippen MR) is 66.6 cm³/mol. The average molecular weight is 218 g/mol. The number of nitrogens with two attached hydrogens (primary N) is 1. The van der Waals surface area contributed by atoms with Crippen molar-refractivity contribution in [2.75, 3.05) is 17.6 Å². The van der Waals surface area contributed by atoms with Crippen molar-refractivity contribution in [1.82, 2.24) is 0 Å². The summed E-state index contributed by atoms with van der Waals surface area (Å²) in [6, 6.07) is 5.55. The van der Waals surface area contributed by atoms with E-state index in [-0.39, 0.29) is 5.78 Å². The van der Waals surface area contributed by atoms with Gasteiger partial charge >= 0.3 is 0 Å². The van der Waals surface area contributed by atoms with Crippen molar-refractivity contribution in [2.45, 2.75) is 20.3 Å². The molecule has 3 heteroatoms. The molecule has 1 aromatic rings. The Labute approximate surface area is 96.0 Å². The number of hydrogen-bond donors (Lipinski definition) is 2. The molecule has 86 valence electrons. The Morgan fingerprint density at radius 3 is 2.81 bits per heavy atom. The lowest BCUT2D eigenvalue weighted by Crippen LogP contribution is -2.06. The number of carbonyl (C=O) groups excluding carboxylic acids is 1. The lowest BCUT2D eigenvalue weighted by molar-refractivity contribution is 0.101. The van der Waals surface area contributed by atoms with Gasteiger partial charge in [-0.15, -0.1) is 0 Å². The molecular weight excluding hydrogens is 200 g/mol. The molecule has 2 unspecified atom stereocenters. The molecule has 0 bridgehead atoms. The number of nitrogens with one attached hydrogen (secondary N) is 1. The summed E-state index contributed by atoms with van der Waals surface area (Å²) in [5.41, 5.74) is 7.88. The number of anilines is 2. The minimum atomic E-state index is 0.0148. The summed E-state index contributed by atoms with van der Waals surface area (Å²) in [5.74, 6) is 1.65. The molecule has 1 aliphatic carbocycles. The molecule has 1 aliphatic rings. The summed E-state index contributed by atoms with van der Waals surface area (Å²) < 4.78 is 0. The van der Waals surface area contributed by atoms with Crippen LogP contribution < -0.4 is 11.1 Å². The molecule has 0 aromatic heterocycles. The molecule has 16 heavy (non-hydrogen) atoms. The minimum absolute atomic E-state index is 0.0148. The zero-order chi connectivity index (χ0) is 11.7. The Balaban J connectivity index is 2.04. The number of carbonyl (C=O) groups is 1. The number of hydrogen-bond acceptors (Lipinski definition) is 3. The first-order chi connectivity index (χ1) is 7.58. The molecular formula is C13H18N2O. The lowest BCUT2D eigenvalue weighted by Gasteiger charge is -2.08. The fourth-order valence-electron chi connectivity index (χ4n) is 1.90. The van der Waals surface area contributed by atoms with Gasteiger partial charge in [0.1, 0.15) is 0 Å². The van der Waals surface area contributed by atoms with Gasteiger partial charge in [-0.25, -0.2) is 0 Å². The number of ketones is 1. The third-order valence-electron chi connectivity index (χ3n) is 3.28. The predicted octanol–water partition coefficient (Wildman–Crippen LogP) is 2.54. The van der Waals surface area contributed by atoms with E-state index >= 15 is 0 Å². The van der Waals surface area contributed by atoms with E-state index in [9.17, 15) is 4.79 Å². The molecule has 3 nitrogen and oxygen atoms in total. The van der Waals surface area contributed by atoms with Crippen LogP contribution in [0.25, 0.3) is 0 Å². The first-order valence-electron chi connectivity index (χ1n) is 5.72. The molecule has 3 N–H and O–H groups in total. The van der Waals surface area contributed by atoms with E-state index in [1.165, 1.54) is 6.42 Å². The highest BCUT2D eigenvalue weighted by atomic mass is 16.1. The molecule has 0 saturated heterocycles. The van der Waals surface area contributed by atoms with E-state index in [1.807, 2.05) is 12.1 Å². The third kappa shape index (κ3) is 2.35. The molecule has 0 spiro atoms. The van der Waals surface area contributed by atoms with Crippen LogP contribution >= 0.6 is 0 Å². The summed E-state index contributed by atoms with van der Waals surface area (Å²) in [4.78, 5) is 11.3. The van der Waals surface area contributed by atoms with Gasteiger partial charge < -0.3 is 11.1 Å². The number of Topliss-reactive ketones (excluding diaryl/α,β-unsaturated/α-hetero) is 1. The van der Waals surface area contributed by atoms with Crippen LogP contribution in [0.4, 0.5) is 11.4 Å². The van der Waals surface area contributed by atoms with E-state index < -0.39 is 0 Å². The van der Waals surface area contributed by atoms with Crippen molar-refractivity contribution >= 4 is 17.2 Å². The third-order valence-corrected chi connectivity index (χ3v) is 3.28. The number of rotatable bonds is 4. The quantitative estimate of drug-likeness (QED) is 0.603. The van der Waals surface area contributed by atoms with Gasteiger partial charge in [-0.1, -0.05) is 6.92 Å². The van der Waals surface area contributed by atoms with Crippen LogP contribution in [0.5, 0.6) is 0 Å². The number of nitrogen functional groups attached to an aromatic ring is 1. The highest BCUT2D eigenvalue weighted by molar-refractivity contribution is 5.99. The average Bonchev–Trinajstić information content (AvgIpc) is 2.93. The van der Waals surface area contributed by atoms with Gasteiger partial charge in [-0.2, -0.15) is 0 Å². The van der Waals surface area contributed by atoms with Crippen LogP contribution in [0.1, 0.15) is 30.6 Å². The van der Waals surface area contributed by atoms with Gasteiger partial charge in [0.15, 0.2) is 5.78 Å². The second-order valence-corrected chi connectivity index (χ2v) is 4.71. The van der Waals surface area contributed by atoms with Crippen LogP contribution in [0.15, 0.2) is 18.2 Å². The van der Waals surface area contributed by atoms with Crippen molar-refractivity contribution in [3.63, 3.8) is 0 Å². The Hall–Kier alpha value is -1.51. The topological polar surface area (TPSA) is 55.1 Å². The minimum Gasteiger partial charge on any atom is -0.398 e. The second-order valence-electron chi connectivity index (χ2n) is 4.71. The molecule has 2 rings (SSSR count). The maximum atomic E-state index is 11.3. The normalized spacial score (nSPS) is 22.9. The van der Waals surface area contributed by atoms with Gasteiger partial charge in [0, 0.05) is 23.5 Å². The summed E-state index contributed by atoms with van der Waals surface area (Å²) in [7, 11) is 0. The monoisotopic (exact) mass is 218 g/mol. The van der Waals surface area contributed by atoms with Crippen molar-refractivity contribution < 1.29 is 4.79 Å². The zero-order valence-corrected chi connectivity index (χ0v) is 9.79. The smallest absolute Gasteiger partial charge is 0.161 e. The highest BCUT2D eigenvalue weighted by Crippen LogP contribution is 2.37. The van der Waals surface area contributed by atoms with E-state index in [0.717, 1.165) is 24.1 Å². The fourth-order valence-corrected chi connectivity index (χ4v) is 1.90. The number of benzene rings is 1. The van der Waals surface area contributed by atoms with Crippen molar-refractivity contribution in [1.29, 1.82) is 0 Å². The molecule has 1 aromatic carbocycles. The van der Waals surface area contributed by atoms with E-state index in [2.05, 4.69) is 12.2 Å². The Bertz CT molecular complexity index is 414. The van der Waals surface area contributed by atoms with Gasteiger partial charge in [0.05, 0.1) is 0 Å². The molecule has 0 heterocycles. The van der Waals surface area contributed by atoms with Gasteiger partial charge in [0.25, 0.3) is 0 Å². The molecule has 0 amide bonds. The second kappa shape index (κ2) is 4.16. The zero-order valence-electron chi connectivity index (χ0n) is 9.79. The molecule has 2 atom stereocenters. The summed E-state index contributed by atoms with van der Waals surface area (Å²) in [5, 5.41) is 3.35. The molecule has 0 aliphatic heterocycles. The Morgan fingerprint density at radius 2 is 2.25 bits per heavy atom. The largest absolute Gasteiger partial charge is 0.398 e. The van der Waals surface area contributed by atoms with E-state index in [4.69, 9.17) is 5.73 Å². The van der Waals surface area contributed by atoms with Crippen LogP contribution in [0, 0.1) is 11.8 Å². The SMILES string of the molecule is CC(=O)c1cc(NCC2CC2C)ccc1N.